The summed E-state index contributed by atoms with van der Waals surface area (Å²) < 4.78 is 49.2. The normalized spacial score (nSPS) is 14.0. The maximum Gasteiger partial charge on any atom is 0.263 e. The zero-order chi connectivity index (χ0) is 36.4. The molecule has 0 saturated carbocycles. The van der Waals surface area contributed by atoms with Crippen LogP contribution < -0.4 is 24.5 Å². The maximum absolute atomic E-state index is 14.2. The van der Waals surface area contributed by atoms with Crippen molar-refractivity contribution in [2.45, 2.75) is 72.1 Å². The van der Waals surface area contributed by atoms with Crippen LogP contribution in [0.1, 0.15) is 82.5 Å². The number of amides is 1. The number of hydrogen-bond acceptors (Lipinski definition) is 5. The topological polar surface area (TPSA) is 70.0 Å². The van der Waals surface area contributed by atoms with E-state index in [2.05, 4.69) is 7.05 Å². The second-order valence-corrected chi connectivity index (χ2v) is 13.6. The first kappa shape index (κ1) is 37.8. The van der Waals surface area contributed by atoms with Crippen LogP contribution in [0.4, 0.5) is 14.5 Å². The zero-order valence-corrected chi connectivity index (χ0v) is 30.5. The van der Waals surface area contributed by atoms with Gasteiger partial charge in [0.05, 0.1) is 57.7 Å². The number of benzene rings is 3. The van der Waals surface area contributed by atoms with E-state index in [1.54, 1.807) is 35.8 Å². The lowest BCUT2D eigenvalue weighted by atomic mass is 10.1. The van der Waals surface area contributed by atoms with E-state index in [0.717, 1.165) is 31.0 Å². The highest BCUT2D eigenvalue weighted by molar-refractivity contribution is 6.07. The standard InChI is InChI=1S/C41H52F2N3O5/c1-5-44(32-23-30(42)22-31(43)24-32)41(48)38-29-45(33-25-35(49-6-2)27-36(26-33)50-7-3)39-28-34(16-17-37(39)40(38)47)51-21-15-10-8-9-12-18-46(4)19-13-11-14-20-46/h16-17,22-29H,5-15,18-21H2,1-4H3/q+1. The van der Waals surface area contributed by atoms with Crippen LogP contribution in [0, 0.1) is 11.6 Å². The SMILES string of the molecule is CCOc1cc(OCC)cc(-n2cc(C(=O)N(CC)c3cc(F)cc(F)c3)c(=O)c3ccc(OCCCCCCC[N+]4(C)CCCCC4)cc32)c1. The van der Waals surface area contributed by atoms with Crippen LogP contribution in [0.5, 0.6) is 17.2 Å². The van der Waals surface area contributed by atoms with Crippen molar-refractivity contribution in [3.8, 4) is 22.9 Å². The highest BCUT2D eigenvalue weighted by atomic mass is 19.1. The first-order valence-electron chi connectivity index (χ1n) is 18.5. The molecule has 1 fully saturated rings. The lowest BCUT2D eigenvalue weighted by Gasteiger charge is -2.37. The van der Waals surface area contributed by atoms with Crippen LogP contribution in [0.2, 0.25) is 0 Å². The number of fused-ring (bicyclic) bond motifs is 1. The fourth-order valence-corrected chi connectivity index (χ4v) is 7.06. The number of piperidine rings is 1. The van der Waals surface area contributed by atoms with Gasteiger partial charge in [-0.1, -0.05) is 12.8 Å². The molecule has 4 aromatic rings. The Bertz CT molecular complexity index is 1810. The lowest BCUT2D eigenvalue weighted by molar-refractivity contribution is -0.914. The maximum atomic E-state index is 14.2. The van der Waals surface area contributed by atoms with E-state index in [4.69, 9.17) is 14.2 Å². The lowest BCUT2D eigenvalue weighted by Crippen LogP contribution is -2.48. The summed E-state index contributed by atoms with van der Waals surface area (Å²) in [6.07, 6.45) is 11.2. The molecule has 51 heavy (non-hydrogen) atoms. The molecule has 1 aliphatic heterocycles. The third-order valence-electron chi connectivity index (χ3n) is 9.70. The second kappa shape index (κ2) is 17.7. The molecule has 0 bridgehead atoms. The fourth-order valence-electron chi connectivity index (χ4n) is 7.06. The predicted molar refractivity (Wildman–Crippen MR) is 199 cm³/mol. The van der Waals surface area contributed by atoms with Crippen molar-refractivity contribution < 1.29 is 32.3 Å². The van der Waals surface area contributed by atoms with Crippen LogP contribution in [-0.4, -0.2) is 68.0 Å². The van der Waals surface area contributed by atoms with Crippen LogP contribution in [-0.2, 0) is 0 Å². The number of hydrogen-bond donors (Lipinski definition) is 0. The van der Waals surface area contributed by atoms with Crippen molar-refractivity contribution in [2.75, 3.05) is 57.9 Å². The van der Waals surface area contributed by atoms with E-state index in [-0.39, 0.29) is 17.8 Å². The molecular weight excluding hydrogens is 652 g/mol. The van der Waals surface area contributed by atoms with Crippen molar-refractivity contribution in [3.63, 3.8) is 0 Å². The molecular formula is C41H52F2N3O5+. The molecule has 1 saturated heterocycles. The molecule has 0 unspecified atom stereocenters. The summed E-state index contributed by atoms with van der Waals surface area (Å²) >= 11 is 0. The Morgan fingerprint density at radius 2 is 1.43 bits per heavy atom. The van der Waals surface area contributed by atoms with Crippen LogP contribution >= 0.6 is 0 Å². The average molecular weight is 705 g/mol. The van der Waals surface area contributed by atoms with E-state index in [0.29, 0.717) is 53.7 Å². The van der Waals surface area contributed by atoms with Gasteiger partial charge < -0.3 is 28.2 Å². The molecule has 0 radical (unpaired) electrons. The quantitative estimate of drug-likeness (QED) is 0.0813. The highest BCUT2D eigenvalue weighted by Crippen LogP contribution is 2.30. The van der Waals surface area contributed by atoms with Crippen molar-refractivity contribution in [3.05, 3.63) is 88.2 Å². The van der Waals surface area contributed by atoms with E-state index in [9.17, 15) is 18.4 Å². The number of quaternary nitrogens is 1. The minimum atomic E-state index is -0.820. The Labute approximate surface area is 300 Å². The summed E-state index contributed by atoms with van der Waals surface area (Å²) in [5.41, 5.74) is 0.489. The Morgan fingerprint density at radius 3 is 2.08 bits per heavy atom. The molecule has 2 heterocycles. The van der Waals surface area contributed by atoms with Gasteiger partial charge in [0.1, 0.15) is 34.4 Å². The zero-order valence-electron chi connectivity index (χ0n) is 30.5. The van der Waals surface area contributed by atoms with Crippen molar-refractivity contribution in [2.24, 2.45) is 0 Å². The number of ether oxygens (including phenoxy) is 3. The summed E-state index contributed by atoms with van der Waals surface area (Å²) in [6.45, 7) is 10.8. The van der Waals surface area contributed by atoms with Gasteiger partial charge in [-0.3, -0.25) is 9.59 Å². The van der Waals surface area contributed by atoms with Gasteiger partial charge in [0.2, 0.25) is 5.43 Å². The Kier molecular flexibility index (Phi) is 13.1. The number of halogens is 2. The van der Waals surface area contributed by atoms with E-state index >= 15 is 0 Å². The van der Waals surface area contributed by atoms with Gasteiger partial charge in [0.25, 0.3) is 5.91 Å². The first-order chi connectivity index (χ1) is 24.6. The summed E-state index contributed by atoms with van der Waals surface area (Å²) in [4.78, 5) is 29.2. The molecule has 1 amide bonds. The molecule has 0 N–H and O–H groups in total. The number of unbranched alkanes of at least 4 members (excludes halogenated alkanes) is 4. The Balaban J connectivity index is 1.41. The van der Waals surface area contributed by atoms with Gasteiger partial charge in [0, 0.05) is 54.1 Å². The smallest absolute Gasteiger partial charge is 0.263 e. The number of likely N-dealkylation sites (tertiary alicyclic amines) is 1. The number of carbonyl (C=O) groups excluding carboxylic acids is 1. The van der Waals surface area contributed by atoms with Crippen molar-refractivity contribution >= 4 is 22.5 Å². The largest absolute Gasteiger partial charge is 0.494 e. The Hall–Kier alpha value is -4.44. The fraction of sp³-hybridized carbons (Fsp3) is 0.463. The number of aromatic nitrogens is 1. The van der Waals surface area contributed by atoms with E-state index in [1.807, 2.05) is 26.0 Å². The Morgan fingerprint density at radius 1 is 0.784 bits per heavy atom. The van der Waals surface area contributed by atoms with Gasteiger partial charge >= 0.3 is 0 Å². The first-order valence-corrected chi connectivity index (χ1v) is 18.5. The summed E-state index contributed by atoms with van der Waals surface area (Å²) in [5.74, 6) is -0.598. The number of anilines is 1. The molecule has 8 nitrogen and oxygen atoms in total. The molecule has 10 heteroatoms. The molecule has 0 spiro atoms. The number of pyridine rings is 1. The van der Waals surface area contributed by atoms with Gasteiger partial charge in [-0.15, -0.1) is 0 Å². The van der Waals surface area contributed by atoms with Crippen molar-refractivity contribution in [1.82, 2.24) is 4.57 Å². The minimum Gasteiger partial charge on any atom is -0.494 e. The third kappa shape index (κ3) is 9.67. The molecule has 1 aliphatic rings. The van der Waals surface area contributed by atoms with Crippen molar-refractivity contribution in [1.29, 1.82) is 0 Å². The van der Waals surface area contributed by atoms with Gasteiger partial charge in [-0.25, -0.2) is 8.78 Å². The molecule has 1 aromatic heterocycles. The van der Waals surface area contributed by atoms with E-state index in [1.165, 1.54) is 73.7 Å². The number of rotatable bonds is 17. The molecule has 274 valence electrons. The third-order valence-corrected chi connectivity index (χ3v) is 9.70. The molecule has 5 rings (SSSR count). The monoisotopic (exact) mass is 704 g/mol. The number of nitrogens with zero attached hydrogens (tertiary/aromatic N) is 3. The second-order valence-electron chi connectivity index (χ2n) is 13.6. The minimum absolute atomic E-state index is 0.0180. The number of carbonyl (C=O) groups is 1. The summed E-state index contributed by atoms with van der Waals surface area (Å²) in [7, 11) is 2.40. The summed E-state index contributed by atoms with van der Waals surface area (Å²) in [5, 5.41) is 0.291. The molecule has 3 aromatic carbocycles. The van der Waals surface area contributed by atoms with Gasteiger partial charge in [0.15, 0.2) is 0 Å². The highest BCUT2D eigenvalue weighted by Gasteiger charge is 2.25. The summed E-state index contributed by atoms with van der Waals surface area (Å²) in [6, 6.07) is 13.5. The average Bonchev–Trinajstić information content (AvgIpc) is 3.10. The molecule has 0 aliphatic carbocycles. The van der Waals surface area contributed by atoms with Crippen LogP contribution in [0.25, 0.3) is 16.6 Å². The van der Waals surface area contributed by atoms with Crippen LogP contribution in [0.15, 0.2) is 65.6 Å². The van der Waals surface area contributed by atoms with Gasteiger partial charge in [-0.2, -0.15) is 0 Å². The molecule has 0 atom stereocenters. The predicted octanol–water partition coefficient (Wildman–Crippen LogP) is 8.69. The van der Waals surface area contributed by atoms with Gasteiger partial charge in [-0.05, 0) is 83.6 Å². The van der Waals surface area contributed by atoms with E-state index < -0.39 is 23.0 Å². The van der Waals surface area contributed by atoms with Crippen LogP contribution in [0.3, 0.4) is 0 Å².